The van der Waals surface area contributed by atoms with Gasteiger partial charge in [-0.1, -0.05) is 35.5 Å². The highest BCUT2D eigenvalue weighted by Crippen LogP contribution is 2.37. The highest BCUT2D eigenvalue weighted by atomic mass is 16.5. The summed E-state index contributed by atoms with van der Waals surface area (Å²) in [5.41, 5.74) is 7.09. The maximum atomic E-state index is 6.15. The first-order valence-corrected chi connectivity index (χ1v) is 6.42. The Labute approximate surface area is 106 Å². The molecule has 18 heavy (non-hydrogen) atoms. The van der Waals surface area contributed by atoms with Crippen molar-refractivity contribution >= 4 is 0 Å². The molecule has 0 aliphatic heterocycles. The molecule has 2 aromatic rings. The molecular weight excluding hydrogens is 226 g/mol. The van der Waals surface area contributed by atoms with E-state index in [4.69, 9.17) is 10.3 Å². The van der Waals surface area contributed by atoms with E-state index in [0.717, 1.165) is 37.9 Å². The van der Waals surface area contributed by atoms with E-state index < -0.39 is 0 Å². The van der Waals surface area contributed by atoms with E-state index in [1.54, 1.807) is 0 Å². The fraction of sp³-hybridized carbons (Fsp3) is 0.429. The van der Waals surface area contributed by atoms with Crippen LogP contribution in [0.2, 0.25) is 0 Å². The quantitative estimate of drug-likeness (QED) is 0.894. The van der Waals surface area contributed by atoms with Gasteiger partial charge in [-0.15, -0.1) is 0 Å². The molecule has 4 heteroatoms. The van der Waals surface area contributed by atoms with Crippen molar-refractivity contribution in [2.45, 2.75) is 37.6 Å². The average molecular weight is 243 g/mol. The van der Waals surface area contributed by atoms with Gasteiger partial charge in [-0.2, -0.15) is 4.98 Å². The number of hydrogen-bond acceptors (Lipinski definition) is 4. The molecule has 1 aliphatic carbocycles. The van der Waals surface area contributed by atoms with Crippen LogP contribution >= 0.6 is 0 Å². The van der Waals surface area contributed by atoms with Crippen LogP contribution < -0.4 is 5.73 Å². The molecule has 0 spiro atoms. The Morgan fingerprint density at radius 3 is 2.61 bits per heavy atom. The van der Waals surface area contributed by atoms with Crippen LogP contribution in [0.15, 0.2) is 34.9 Å². The maximum Gasteiger partial charge on any atom is 0.246 e. The van der Waals surface area contributed by atoms with E-state index in [2.05, 4.69) is 22.3 Å². The highest BCUT2D eigenvalue weighted by Gasteiger charge is 2.39. The smallest absolute Gasteiger partial charge is 0.246 e. The van der Waals surface area contributed by atoms with Gasteiger partial charge in [0.1, 0.15) is 0 Å². The van der Waals surface area contributed by atoms with Crippen LogP contribution in [0.4, 0.5) is 0 Å². The van der Waals surface area contributed by atoms with Gasteiger partial charge >= 0.3 is 0 Å². The maximum absolute atomic E-state index is 6.15. The lowest BCUT2D eigenvalue weighted by Gasteiger charge is -2.33. The molecule has 0 radical (unpaired) electrons. The van der Waals surface area contributed by atoms with Crippen LogP contribution in [0.3, 0.4) is 0 Å². The zero-order chi connectivity index (χ0) is 12.4. The Bertz CT molecular complexity index is 517. The Kier molecular flexibility index (Phi) is 2.88. The number of aryl methyl sites for hydroxylation is 2. The lowest BCUT2D eigenvalue weighted by Crippen LogP contribution is -2.43. The lowest BCUT2D eigenvalue weighted by molar-refractivity contribution is 0.181. The third-order valence-electron chi connectivity index (χ3n) is 3.62. The van der Waals surface area contributed by atoms with Gasteiger partial charge in [0, 0.05) is 6.42 Å². The van der Waals surface area contributed by atoms with Crippen molar-refractivity contribution in [1.82, 2.24) is 10.1 Å². The molecule has 2 N–H and O–H groups in total. The van der Waals surface area contributed by atoms with E-state index in [0.29, 0.717) is 5.89 Å². The van der Waals surface area contributed by atoms with Crippen LogP contribution in [0.1, 0.15) is 36.5 Å². The zero-order valence-corrected chi connectivity index (χ0v) is 10.3. The molecule has 4 nitrogen and oxygen atoms in total. The van der Waals surface area contributed by atoms with E-state index in [-0.39, 0.29) is 5.54 Å². The predicted octanol–water partition coefficient (Wildman–Crippen LogP) is 2.19. The summed E-state index contributed by atoms with van der Waals surface area (Å²) in [4.78, 5) is 4.42. The molecule has 0 atom stereocenters. The SMILES string of the molecule is NC1(c2nc(CCc3ccccc3)no2)CCC1. The Hall–Kier alpha value is -1.68. The molecule has 0 unspecified atom stereocenters. The third-order valence-corrected chi connectivity index (χ3v) is 3.62. The number of hydrogen-bond donors (Lipinski definition) is 1. The normalized spacial score (nSPS) is 17.4. The Morgan fingerprint density at radius 1 is 1.17 bits per heavy atom. The van der Waals surface area contributed by atoms with Crippen LogP contribution in [-0.2, 0) is 18.4 Å². The number of rotatable bonds is 4. The van der Waals surface area contributed by atoms with Gasteiger partial charge < -0.3 is 10.3 Å². The minimum absolute atomic E-state index is 0.349. The summed E-state index contributed by atoms with van der Waals surface area (Å²) >= 11 is 0. The molecule has 94 valence electrons. The van der Waals surface area contributed by atoms with Crippen molar-refractivity contribution in [2.24, 2.45) is 5.73 Å². The minimum Gasteiger partial charge on any atom is -0.337 e. The van der Waals surface area contributed by atoms with Crippen molar-refractivity contribution in [2.75, 3.05) is 0 Å². The van der Waals surface area contributed by atoms with Crippen LogP contribution in [0.5, 0.6) is 0 Å². The summed E-state index contributed by atoms with van der Waals surface area (Å²) in [6.07, 6.45) is 4.78. The van der Waals surface area contributed by atoms with Crippen molar-refractivity contribution in [3.8, 4) is 0 Å². The summed E-state index contributed by atoms with van der Waals surface area (Å²) in [5, 5.41) is 4.01. The number of nitrogens with two attached hydrogens (primary N) is 1. The summed E-state index contributed by atoms with van der Waals surface area (Å²) in [6.45, 7) is 0. The second-order valence-electron chi connectivity index (χ2n) is 5.01. The summed E-state index contributed by atoms with van der Waals surface area (Å²) in [7, 11) is 0. The molecule has 1 aliphatic rings. The second-order valence-corrected chi connectivity index (χ2v) is 5.01. The number of benzene rings is 1. The first-order chi connectivity index (χ1) is 8.76. The summed E-state index contributed by atoms with van der Waals surface area (Å²) in [5.74, 6) is 1.36. The van der Waals surface area contributed by atoms with Crippen molar-refractivity contribution in [3.05, 3.63) is 47.6 Å². The molecule has 1 saturated carbocycles. The molecular formula is C14H17N3O. The molecule has 1 aromatic heterocycles. The van der Waals surface area contributed by atoms with Gasteiger partial charge in [0.15, 0.2) is 5.82 Å². The number of nitrogens with zero attached hydrogens (tertiary/aromatic N) is 2. The lowest BCUT2D eigenvalue weighted by atomic mass is 9.78. The molecule has 1 fully saturated rings. The topological polar surface area (TPSA) is 64.9 Å². The monoisotopic (exact) mass is 243 g/mol. The first kappa shape index (κ1) is 11.4. The van der Waals surface area contributed by atoms with Gasteiger partial charge in [0.05, 0.1) is 5.54 Å². The highest BCUT2D eigenvalue weighted by molar-refractivity contribution is 5.15. The van der Waals surface area contributed by atoms with Crippen LogP contribution in [0, 0.1) is 0 Å². The van der Waals surface area contributed by atoms with Crippen LogP contribution in [0.25, 0.3) is 0 Å². The molecule has 1 aromatic carbocycles. The van der Waals surface area contributed by atoms with Gasteiger partial charge in [0.25, 0.3) is 0 Å². The third kappa shape index (κ3) is 2.16. The Balaban J connectivity index is 1.64. The van der Waals surface area contributed by atoms with E-state index in [1.807, 2.05) is 18.2 Å². The second kappa shape index (κ2) is 4.53. The van der Waals surface area contributed by atoms with Gasteiger partial charge in [-0.25, -0.2) is 0 Å². The average Bonchev–Trinajstić information content (AvgIpc) is 2.84. The molecule has 0 bridgehead atoms. The van der Waals surface area contributed by atoms with E-state index in [1.165, 1.54) is 5.56 Å². The molecule has 1 heterocycles. The largest absolute Gasteiger partial charge is 0.337 e. The van der Waals surface area contributed by atoms with Crippen molar-refractivity contribution < 1.29 is 4.52 Å². The zero-order valence-electron chi connectivity index (χ0n) is 10.3. The fourth-order valence-electron chi connectivity index (χ4n) is 2.23. The van der Waals surface area contributed by atoms with Crippen molar-refractivity contribution in [1.29, 1.82) is 0 Å². The predicted molar refractivity (Wildman–Crippen MR) is 67.9 cm³/mol. The first-order valence-electron chi connectivity index (χ1n) is 6.42. The number of aromatic nitrogens is 2. The molecule has 3 rings (SSSR count). The van der Waals surface area contributed by atoms with Crippen molar-refractivity contribution in [3.63, 3.8) is 0 Å². The summed E-state index contributed by atoms with van der Waals surface area (Å²) in [6, 6.07) is 10.3. The minimum atomic E-state index is -0.349. The summed E-state index contributed by atoms with van der Waals surface area (Å²) < 4.78 is 5.27. The molecule has 0 amide bonds. The standard InChI is InChI=1S/C14H17N3O/c15-14(9-4-10-14)13-16-12(17-18-13)8-7-11-5-2-1-3-6-11/h1-3,5-6H,4,7-10,15H2. The van der Waals surface area contributed by atoms with E-state index in [9.17, 15) is 0 Å². The van der Waals surface area contributed by atoms with Crippen LogP contribution in [-0.4, -0.2) is 10.1 Å². The van der Waals surface area contributed by atoms with Gasteiger partial charge in [-0.05, 0) is 31.2 Å². The van der Waals surface area contributed by atoms with E-state index >= 15 is 0 Å². The Morgan fingerprint density at radius 2 is 1.94 bits per heavy atom. The molecule has 0 saturated heterocycles. The van der Waals surface area contributed by atoms with Gasteiger partial charge in [-0.3, -0.25) is 0 Å². The fourth-order valence-corrected chi connectivity index (χ4v) is 2.23. The van der Waals surface area contributed by atoms with Gasteiger partial charge in [0.2, 0.25) is 5.89 Å².